The van der Waals surface area contributed by atoms with Crippen LogP contribution in [0.15, 0.2) is 48.6 Å². The molecule has 0 fully saturated rings. The Hall–Kier alpha value is -1.58. The summed E-state index contributed by atoms with van der Waals surface area (Å²) in [6, 6.07) is -0.840. The summed E-state index contributed by atoms with van der Waals surface area (Å²) in [5, 5.41) is 23.6. The van der Waals surface area contributed by atoms with Crippen LogP contribution >= 0.6 is 7.82 Å². The predicted octanol–water partition coefficient (Wildman–Crippen LogP) is 10.0. The van der Waals surface area contributed by atoms with Crippen molar-refractivity contribution in [2.24, 2.45) is 0 Å². The summed E-state index contributed by atoms with van der Waals surface area (Å²) in [4.78, 5) is 25.3. The fourth-order valence-electron chi connectivity index (χ4n) is 5.93. The van der Waals surface area contributed by atoms with Gasteiger partial charge in [0, 0.05) is 6.42 Å². The quantitative estimate of drug-likeness (QED) is 0.0246. The van der Waals surface area contributed by atoms with E-state index in [-0.39, 0.29) is 31.6 Å². The third-order valence-corrected chi connectivity index (χ3v) is 10.3. The molecule has 0 rings (SSSR count). The molecule has 1 amide bonds. The number of nitrogens with one attached hydrogen (secondary N) is 1. The zero-order valence-corrected chi connectivity index (χ0v) is 36.2. The highest BCUT2D eigenvalue weighted by molar-refractivity contribution is 7.45. The van der Waals surface area contributed by atoms with Gasteiger partial charge in [-0.2, -0.15) is 0 Å². The third-order valence-electron chi connectivity index (χ3n) is 9.38. The van der Waals surface area contributed by atoms with Crippen LogP contribution in [0.5, 0.6) is 0 Å². The Kier molecular flexibility index (Phi) is 34.8. The number of amides is 1. The SMILES string of the molecule is CCCCCCCCCCCCCCCC[C@@H](O)[C@H](COP(=O)([O-])OCC[N+](C)(C)C)NC(=O)CCC/C=C\C/C=C\C/C=C\C/C=C\CC(O)CCC. The van der Waals surface area contributed by atoms with Crippen molar-refractivity contribution in [1.82, 2.24) is 5.32 Å². The van der Waals surface area contributed by atoms with Crippen LogP contribution in [0.3, 0.4) is 0 Å². The van der Waals surface area contributed by atoms with Crippen LogP contribution in [0.1, 0.15) is 168 Å². The minimum absolute atomic E-state index is 0.00653. The Labute approximate surface area is 332 Å². The van der Waals surface area contributed by atoms with Gasteiger partial charge < -0.3 is 34.0 Å². The maximum atomic E-state index is 12.8. The second-order valence-corrected chi connectivity index (χ2v) is 17.3. The molecule has 2 unspecified atom stereocenters. The summed E-state index contributed by atoms with van der Waals surface area (Å²) in [5.41, 5.74) is 0. The van der Waals surface area contributed by atoms with E-state index >= 15 is 0 Å². The number of unbranched alkanes of at least 4 members (excludes halogenated alkanes) is 14. The molecule has 0 radical (unpaired) electrons. The molecule has 0 aromatic rings. The van der Waals surface area contributed by atoms with Crippen molar-refractivity contribution >= 4 is 13.7 Å². The summed E-state index contributed by atoms with van der Waals surface area (Å²) in [5.74, 6) is -0.234. The van der Waals surface area contributed by atoms with Crippen LogP contribution in [0.25, 0.3) is 0 Å². The lowest BCUT2D eigenvalue weighted by Gasteiger charge is -2.30. The fraction of sp³-hybridized carbons (Fsp3) is 0.795. The maximum absolute atomic E-state index is 12.8. The largest absolute Gasteiger partial charge is 0.756 e. The van der Waals surface area contributed by atoms with Crippen LogP contribution in [0.4, 0.5) is 0 Å². The molecule has 0 aliphatic heterocycles. The first kappa shape index (κ1) is 52.4. The van der Waals surface area contributed by atoms with E-state index in [1.165, 1.54) is 70.6 Å². The Morgan fingerprint density at radius 1 is 0.685 bits per heavy atom. The van der Waals surface area contributed by atoms with Gasteiger partial charge in [-0.3, -0.25) is 9.36 Å². The minimum Gasteiger partial charge on any atom is -0.756 e. The van der Waals surface area contributed by atoms with E-state index in [1.54, 1.807) is 0 Å². The number of phosphoric ester groups is 1. The van der Waals surface area contributed by atoms with Crippen LogP contribution in [-0.2, 0) is 18.4 Å². The van der Waals surface area contributed by atoms with E-state index < -0.39 is 20.0 Å². The molecule has 316 valence electrons. The smallest absolute Gasteiger partial charge is 0.268 e. The second-order valence-electron chi connectivity index (χ2n) is 15.9. The molecule has 0 spiro atoms. The van der Waals surface area contributed by atoms with Crippen molar-refractivity contribution < 1.29 is 38.0 Å². The van der Waals surface area contributed by atoms with Gasteiger partial charge in [0.1, 0.15) is 13.2 Å². The van der Waals surface area contributed by atoms with Crippen LogP contribution in [0, 0.1) is 0 Å². The van der Waals surface area contributed by atoms with Gasteiger partial charge in [-0.1, -0.05) is 159 Å². The average Bonchev–Trinajstić information content (AvgIpc) is 3.11. The van der Waals surface area contributed by atoms with E-state index in [9.17, 15) is 24.5 Å². The molecule has 9 nitrogen and oxygen atoms in total. The van der Waals surface area contributed by atoms with Crippen molar-refractivity contribution in [3.63, 3.8) is 0 Å². The lowest BCUT2D eigenvalue weighted by Crippen LogP contribution is -2.46. The predicted molar refractivity (Wildman–Crippen MR) is 225 cm³/mol. The lowest BCUT2D eigenvalue weighted by atomic mass is 10.0. The van der Waals surface area contributed by atoms with Crippen LogP contribution < -0.4 is 10.2 Å². The number of phosphoric acid groups is 1. The van der Waals surface area contributed by atoms with Gasteiger partial charge in [-0.05, 0) is 51.4 Å². The Bertz CT molecular complexity index is 1040. The second kappa shape index (κ2) is 35.8. The molecule has 3 N–H and O–H groups in total. The highest BCUT2D eigenvalue weighted by Crippen LogP contribution is 2.38. The van der Waals surface area contributed by atoms with Crippen molar-refractivity contribution in [1.29, 1.82) is 0 Å². The zero-order chi connectivity index (χ0) is 40.2. The number of rotatable bonds is 38. The van der Waals surface area contributed by atoms with Crippen molar-refractivity contribution in [2.75, 3.05) is 40.9 Å². The number of likely N-dealkylation sites (N-methyl/N-ethyl adjacent to an activating group) is 1. The molecule has 0 aliphatic rings. The molecular formula is C44H83N2O7P. The van der Waals surface area contributed by atoms with Gasteiger partial charge in [0.25, 0.3) is 7.82 Å². The van der Waals surface area contributed by atoms with E-state index in [4.69, 9.17) is 9.05 Å². The number of aliphatic hydroxyl groups is 2. The Morgan fingerprint density at radius 2 is 1.19 bits per heavy atom. The molecular weight excluding hydrogens is 699 g/mol. The Morgan fingerprint density at radius 3 is 1.70 bits per heavy atom. The Balaban J connectivity index is 4.53. The molecule has 0 bridgehead atoms. The summed E-state index contributed by atoms with van der Waals surface area (Å²) in [7, 11) is 1.24. The molecule has 0 aliphatic carbocycles. The van der Waals surface area contributed by atoms with Crippen molar-refractivity contribution in [3.8, 4) is 0 Å². The average molecular weight is 783 g/mol. The van der Waals surface area contributed by atoms with Gasteiger partial charge in [-0.15, -0.1) is 0 Å². The first-order chi connectivity index (χ1) is 25.9. The molecule has 54 heavy (non-hydrogen) atoms. The number of nitrogens with zero attached hydrogens (tertiary/aromatic N) is 1. The number of allylic oxidation sites excluding steroid dienone is 7. The highest BCUT2D eigenvalue weighted by Gasteiger charge is 2.24. The highest BCUT2D eigenvalue weighted by atomic mass is 31.2. The summed E-state index contributed by atoms with van der Waals surface area (Å²) in [6.45, 7) is 4.45. The van der Waals surface area contributed by atoms with Gasteiger partial charge >= 0.3 is 0 Å². The maximum Gasteiger partial charge on any atom is 0.268 e. The van der Waals surface area contributed by atoms with Crippen molar-refractivity contribution in [2.45, 2.75) is 186 Å². The first-order valence-corrected chi connectivity index (χ1v) is 23.0. The summed E-state index contributed by atoms with van der Waals surface area (Å²) < 4.78 is 23.2. The summed E-state index contributed by atoms with van der Waals surface area (Å²) in [6.07, 6.45) is 40.3. The van der Waals surface area contributed by atoms with Crippen LogP contribution in [0.2, 0.25) is 0 Å². The van der Waals surface area contributed by atoms with Crippen molar-refractivity contribution in [3.05, 3.63) is 48.6 Å². The zero-order valence-electron chi connectivity index (χ0n) is 35.3. The van der Waals surface area contributed by atoms with Gasteiger partial charge in [0.15, 0.2) is 0 Å². The normalized spacial score (nSPS) is 15.5. The molecule has 0 heterocycles. The lowest BCUT2D eigenvalue weighted by molar-refractivity contribution is -0.870. The number of hydrogen-bond acceptors (Lipinski definition) is 7. The number of quaternary nitrogens is 1. The molecule has 0 saturated heterocycles. The fourth-order valence-corrected chi connectivity index (χ4v) is 6.65. The first-order valence-electron chi connectivity index (χ1n) is 21.6. The minimum atomic E-state index is -4.59. The van der Waals surface area contributed by atoms with E-state index in [0.29, 0.717) is 23.9 Å². The van der Waals surface area contributed by atoms with Crippen LogP contribution in [-0.4, -0.2) is 79.8 Å². The van der Waals surface area contributed by atoms with E-state index in [0.717, 1.165) is 64.2 Å². The number of hydrogen-bond donors (Lipinski definition) is 3. The standard InChI is InChI=1S/C44H83N2O7P/c1-6-8-9-10-11-12-13-14-17-20-23-26-29-32-36-43(48)42(40-53-54(50,51)52-39-38-46(3,4)5)45-44(49)37-33-30-27-24-21-18-15-16-19-22-25-28-31-35-41(47)34-7-2/h15,18-19,22,24,27-28,31,41-43,47-48H,6-14,16-17,20-21,23,25-26,29-30,32-40H2,1-5H3,(H-,45,49,50,51)/b18-15-,22-19-,27-24-,31-28-/t41?,42-,43+/m0/s1. The topological polar surface area (TPSA) is 128 Å². The third kappa shape index (κ3) is 37.3. The number of carbonyl (C=O) groups is 1. The molecule has 0 saturated carbocycles. The van der Waals surface area contributed by atoms with Gasteiger partial charge in [0.2, 0.25) is 5.91 Å². The summed E-state index contributed by atoms with van der Waals surface area (Å²) >= 11 is 0. The molecule has 0 aromatic heterocycles. The van der Waals surface area contributed by atoms with E-state index in [1.807, 2.05) is 27.2 Å². The molecule has 0 aromatic carbocycles. The monoisotopic (exact) mass is 783 g/mol. The van der Waals surface area contributed by atoms with E-state index in [2.05, 4.69) is 61.7 Å². The molecule has 10 heteroatoms. The molecule has 4 atom stereocenters. The number of aliphatic hydroxyl groups excluding tert-OH is 2. The number of carbonyl (C=O) groups excluding carboxylic acids is 1. The van der Waals surface area contributed by atoms with Gasteiger partial charge in [-0.25, -0.2) is 0 Å². The van der Waals surface area contributed by atoms with Gasteiger partial charge in [0.05, 0.1) is 46.0 Å².